The molecule has 2 heteroatoms. The van der Waals surface area contributed by atoms with Gasteiger partial charge < -0.3 is 10.1 Å². The average Bonchev–Trinajstić information content (AvgIpc) is 2.82. The van der Waals surface area contributed by atoms with Gasteiger partial charge in [-0.1, -0.05) is 36.4 Å². The van der Waals surface area contributed by atoms with Gasteiger partial charge in [0.15, 0.2) is 0 Å². The molecule has 1 aliphatic rings. The van der Waals surface area contributed by atoms with E-state index < -0.39 is 0 Å². The summed E-state index contributed by atoms with van der Waals surface area (Å²) in [5, 5.41) is 3.56. The molecule has 1 heterocycles. The fourth-order valence-corrected chi connectivity index (χ4v) is 2.64. The molecule has 98 valence electrons. The summed E-state index contributed by atoms with van der Waals surface area (Å²) in [4.78, 5) is 0. The second-order valence-corrected chi connectivity index (χ2v) is 5.25. The van der Waals surface area contributed by atoms with Gasteiger partial charge in [0.05, 0.1) is 12.1 Å². The number of hydrogen-bond donors (Lipinski definition) is 1. The summed E-state index contributed by atoms with van der Waals surface area (Å²) in [6.45, 7) is 5.04. The maximum Gasteiger partial charge on any atom is 0.120 e. The van der Waals surface area contributed by atoms with Gasteiger partial charge in [-0.15, -0.1) is 0 Å². The molecule has 0 aromatic heterocycles. The molecule has 2 nitrogen and oxygen atoms in total. The first-order chi connectivity index (χ1) is 9.24. The minimum atomic E-state index is 0.207. The predicted octanol–water partition coefficient (Wildman–Crippen LogP) is 3.67. The van der Waals surface area contributed by atoms with E-state index in [0.29, 0.717) is 0 Å². The second-order valence-electron chi connectivity index (χ2n) is 5.25. The first-order valence-corrected chi connectivity index (χ1v) is 6.82. The van der Waals surface area contributed by atoms with Crippen LogP contribution in [0.25, 0.3) is 0 Å². The number of rotatable bonds is 3. The van der Waals surface area contributed by atoms with Crippen molar-refractivity contribution in [2.45, 2.75) is 32.5 Å². The molecule has 1 N–H and O–H groups in total. The third kappa shape index (κ3) is 2.49. The zero-order valence-electron chi connectivity index (χ0n) is 11.4. The summed E-state index contributed by atoms with van der Waals surface area (Å²) >= 11 is 0. The van der Waals surface area contributed by atoms with Crippen LogP contribution in [0.3, 0.4) is 0 Å². The van der Waals surface area contributed by atoms with Crippen molar-refractivity contribution in [2.24, 2.45) is 0 Å². The van der Waals surface area contributed by atoms with Gasteiger partial charge in [0.2, 0.25) is 0 Å². The first kappa shape index (κ1) is 12.2. The van der Waals surface area contributed by atoms with Crippen LogP contribution in [0.5, 0.6) is 5.75 Å². The molecule has 2 aromatic carbocycles. The van der Waals surface area contributed by atoms with Gasteiger partial charge in [0.1, 0.15) is 5.75 Å². The number of benzene rings is 2. The molecule has 0 spiro atoms. The highest BCUT2D eigenvalue weighted by Crippen LogP contribution is 2.32. The molecule has 0 saturated heterocycles. The number of hydrogen-bond acceptors (Lipinski definition) is 2. The molecule has 19 heavy (non-hydrogen) atoms. The van der Waals surface area contributed by atoms with Crippen LogP contribution in [0.2, 0.25) is 0 Å². The normalized spacial score (nSPS) is 17.5. The Balaban J connectivity index is 1.91. The monoisotopic (exact) mass is 253 g/mol. The Morgan fingerprint density at radius 1 is 1.11 bits per heavy atom. The van der Waals surface area contributed by atoms with Crippen molar-refractivity contribution in [3.63, 3.8) is 0 Å². The third-order valence-electron chi connectivity index (χ3n) is 3.43. The lowest BCUT2D eigenvalue weighted by atomic mass is 9.98. The van der Waals surface area contributed by atoms with Gasteiger partial charge in [0.25, 0.3) is 0 Å². The lowest BCUT2D eigenvalue weighted by Gasteiger charge is -2.15. The molecule has 1 aliphatic heterocycles. The zero-order chi connectivity index (χ0) is 13.2. The average molecular weight is 253 g/mol. The molecule has 2 aromatic rings. The van der Waals surface area contributed by atoms with E-state index in [1.54, 1.807) is 0 Å². The molecule has 0 amide bonds. The Morgan fingerprint density at radius 3 is 2.79 bits per heavy atom. The van der Waals surface area contributed by atoms with Crippen molar-refractivity contribution >= 4 is 0 Å². The van der Waals surface area contributed by atoms with Gasteiger partial charge in [-0.05, 0) is 42.7 Å². The number of fused-ring (bicyclic) bond motifs is 1. The summed E-state index contributed by atoms with van der Waals surface area (Å²) < 4.78 is 5.77. The van der Waals surface area contributed by atoms with Gasteiger partial charge in [-0.2, -0.15) is 0 Å². The minimum Gasteiger partial charge on any atom is -0.491 e. The Kier molecular flexibility index (Phi) is 3.26. The van der Waals surface area contributed by atoms with E-state index in [1.165, 1.54) is 16.7 Å². The Bertz CT molecular complexity index is 577. The summed E-state index contributed by atoms with van der Waals surface area (Å²) in [6.07, 6.45) is 0.207. The lowest BCUT2D eigenvalue weighted by molar-refractivity contribution is 0.242. The predicted molar refractivity (Wildman–Crippen MR) is 77.3 cm³/mol. The largest absolute Gasteiger partial charge is 0.491 e. The highest BCUT2D eigenvalue weighted by Gasteiger charge is 2.22. The fourth-order valence-electron chi connectivity index (χ4n) is 2.64. The van der Waals surface area contributed by atoms with E-state index in [1.807, 2.05) is 6.07 Å². The molecule has 0 saturated carbocycles. The van der Waals surface area contributed by atoms with Crippen molar-refractivity contribution in [3.8, 4) is 5.75 Å². The van der Waals surface area contributed by atoms with E-state index in [9.17, 15) is 0 Å². The lowest BCUT2D eigenvalue weighted by Crippen LogP contribution is -2.13. The highest BCUT2D eigenvalue weighted by atomic mass is 16.5. The molecule has 0 bridgehead atoms. The summed E-state index contributed by atoms with van der Waals surface area (Å²) in [7, 11) is 0. The van der Waals surface area contributed by atoms with E-state index in [4.69, 9.17) is 4.74 Å². The SMILES string of the molecule is CC(C)Oc1cccc(C2NCc3ccccc32)c1. The van der Waals surface area contributed by atoms with Crippen LogP contribution in [0.1, 0.15) is 36.6 Å². The molecule has 0 aliphatic carbocycles. The molecule has 0 radical (unpaired) electrons. The van der Waals surface area contributed by atoms with E-state index in [2.05, 4.69) is 61.6 Å². The molecular formula is C17H19NO. The van der Waals surface area contributed by atoms with Crippen LogP contribution in [0.4, 0.5) is 0 Å². The smallest absolute Gasteiger partial charge is 0.120 e. The minimum absolute atomic E-state index is 0.207. The van der Waals surface area contributed by atoms with Crippen LogP contribution in [-0.2, 0) is 6.54 Å². The van der Waals surface area contributed by atoms with Crippen molar-refractivity contribution in [1.29, 1.82) is 0 Å². The van der Waals surface area contributed by atoms with Crippen molar-refractivity contribution < 1.29 is 4.74 Å². The fraction of sp³-hybridized carbons (Fsp3) is 0.294. The van der Waals surface area contributed by atoms with Gasteiger partial charge in [-0.3, -0.25) is 0 Å². The van der Waals surface area contributed by atoms with Gasteiger partial charge >= 0.3 is 0 Å². The van der Waals surface area contributed by atoms with Crippen LogP contribution in [0, 0.1) is 0 Å². The summed E-state index contributed by atoms with van der Waals surface area (Å²) in [5.41, 5.74) is 4.04. The standard InChI is InChI=1S/C17H19NO/c1-12(2)19-15-8-5-7-13(10-15)17-16-9-4-3-6-14(16)11-18-17/h3-10,12,17-18H,11H2,1-2H3. The quantitative estimate of drug-likeness (QED) is 0.901. The van der Waals surface area contributed by atoms with Gasteiger partial charge in [0, 0.05) is 6.54 Å². The Labute approximate surface area is 114 Å². The maximum absolute atomic E-state index is 5.77. The van der Waals surface area contributed by atoms with E-state index in [-0.39, 0.29) is 12.1 Å². The first-order valence-electron chi connectivity index (χ1n) is 6.82. The molecular weight excluding hydrogens is 234 g/mol. The molecule has 3 rings (SSSR count). The highest BCUT2D eigenvalue weighted by molar-refractivity contribution is 5.43. The van der Waals surface area contributed by atoms with E-state index >= 15 is 0 Å². The molecule has 0 fully saturated rings. The van der Waals surface area contributed by atoms with Gasteiger partial charge in [-0.25, -0.2) is 0 Å². The molecule has 1 atom stereocenters. The van der Waals surface area contributed by atoms with Crippen LogP contribution in [-0.4, -0.2) is 6.10 Å². The molecule has 1 unspecified atom stereocenters. The zero-order valence-corrected chi connectivity index (χ0v) is 11.4. The Morgan fingerprint density at radius 2 is 1.95 bits per heavy atom. The van der Waals surface area contributed by atoms with Crippen LogP contribution >= 0.6 is 0 Å². The second kappa shape index (κ2) is 5.06. The Hall–Kier alpha value is -1.80. The van der Waals surface area contributed by atoms with Crippen LogP contribution in [0.15, 0.2) is 48.5 Å². The van der Waals surface area contributed by atoms with E-state index in [0.717, 1.165) is 12.3 Å². The number of ether oxygens (including phenoxy) is 1. The summed E-state index contributed by atoms with van der Waals surface area (Å²) in [6, 6.07) is 17.3. The van der Waals surface area contributed by atoms with Crippen molar-refractivity contribution in [3.05, 3.63) is 65.2 Å². The van der Waals surface area contributed by atoms with Crippen molar-refractivity contribution in [2.75, 3.05) is 0 Å². The topological polar surface area (TPSA) is 21.3 Å². The van der Waals surface area contributed by atoms with Crippen LogP contribution < -0.4 is 10.1 Å². The number of nitrogens with one attached hydrogen (secondary N) is 1. The maximum atomic E-state index is 5.77. The third-order valence-corrected chi connectivity index (χ3v) is 3.43. The summed E-state index contributed by atoms with van der Waals surface area (Å²) in [5.74, 6) is 0.943. The van der Waals surface area contributed by atoms with Crippen molar-refractivity contribution in [1.82, 2.24) is 5.32 Å².